The van der Waals surface area contributed by atoms with Crippen LogP contribution in [-0.4, -0.2) is 34.9 Å². The van der Waals surface area contributed by atoms with Gasteiger partial charge in [0, 0.05) is 24.7 Å². The number of carbonyl (C=O) groups is 1. The molecule has 0 N–H and O–H groups in total. The van der Waals surface area contributed by atoms with Gasteiger partial charge in [0.15, 0.2) is 6.61 Å². The van der Waals surface area contributed by atoms with Crippen LogP contribution in [0.4, 0.5) is 5.69 Å². The molecule has 1 amide bonds. The van der Waals surface area contributed by atoms with Crippen molar-refractivity contribution in [3.05, 3.63) is 34.4 Å². The average Bonchev–Trinajstić information content (AvgIpc) is 2.74. The van der Waals surface area contributed by atoms with E-state index in [4.69, 9.17) is 4.74 Å². The number of non-ortho nitro benzene ring substituents is 1. The minimum absolute atomic E-state index is 0.000206. The highest BCUT2D eigenvalue weighted by atomic mass is 16.6. The second-order valence-corrected chi connectivity index (χ2v) is 8.28. The molecule has 2 bridgehead atoms. The van der Waals surface area contributed by atoms with Gasteiger partial charge in [-0.05, 0) is 42.2 Å². The number of hydrogen-bond donors (Lipinski definition) is 0. The molecule has 1 aromatic carbocycles. The summed E-state index contributed by atoms with van der Waals surface area (Å²) >= 11 is 0. The second kappa shape index (κ2) is 5.76. The Kier molecular flexibility index (Phi) is 4.01. The fourth-order valence-corrected chi connectivity index (χ4v) is 4.64. The summed E-state index contributed by atoms with van der Waals surface area (Å²) in [6.45, 7) is 7.59. The topological polar surface area (TPSA) is 72.7 Å². The van der Waals surface area contributed by atoms with Gasteiger partial charge in [0.2, 0.25) is 0 Å². The SMILES string of the molecule is CC1(C)C[C@@H]2C[C@@](C)(CN2C(=O)COc2ccc([N+](=O)[O-])cc2)C1. The number of nitrogens with zero attached hydrogens (tertiary/aromatic N) is 2. The van der Waals surface area contributed by atoms with Crippen LogP contribution in [-0.2, 0) is 4.79 Å². The molecule has 3 rings (SSSR count). The highest BCUT2D eigenvalue weighted by Crippen LogP contribution is 2.52. The second-order valence-electron chi connectivity index (χ2n) is 8.28. The molecule has 1 aliphatic heterocycles. The maximum absolute atomic E-state index is 12.6. The van der Waals surface area contributed by atoms with Crippen LogP contribution in [0, 0.1) is 20.9 Å². The number of likely N-dealkylation sites (tertiary alicyclic amines) is 1. The van der Waals surface area contributed by atoms with Crippen LogP contribution in [0.25, 0.3) is 0 Å². The zero-order valence-corrected chi connectivity index (χ0v) is 14.4. The van der Waals surface area contributed by atoms with Crippen molar-refractivity contribution in [2.45, 2.75) is 46.1 Å². The molecule has 0 aromatic heterocycles. The minimum atomic E-state index is -0.457. The number of ether oxygens (including phenoxy) is 1. The van der Waals surface area contributed by atoms with E-state index in [-0.39, 0.29) is 29.0 Å². The first-order valence-electron chi connectivity index (χ1n) is 8.34. The van der Waals surface area contributed by atoms with Crippen molar-refractivity contribution in [2.75, 3.05) is 13.2 Å². The van der Waals surface area contributed by atoms with Crippen LogP contribution < -0.4 is 4.74 Å². The fraction of sp³-hybridized carbons (Fsp3) is 0.611. The minimum Gasteiger partial charge on any atom is -0.484 e. The molecule has 2 fully saturated rings. The molecule has 24 heavy (non-hydrogen) atoms. The standard InChI is InChI=1S/C18H24N2O4/c1-17(2)8-14-9-18(3,11-17)12-19(14)16(21)10-24-15-6-4-13(5-7-15)20(22)23/h4-7,14H,8-12H2,1-3H3/t14-,18-/m1/s1. The average molecular weight is 332 g/mol. The van der Waals surface area contributed by atoms with E-state index in [1.807, 2.05) is 4.90 Å². The van der Waals surface area contributed by atoms with E-state index in [1.54, 1.807) is 0 Å². The Morgan fingerprint density at radius 3 is 2.58 bits per heavy atom. The summed E-state index contributed by atoms with van der Waals surface area (Å²) in [6, 6.07) is 6.11. The molecule has 1 aromatic rings. The largest absolute Gasteiger partial charge is 0.484 e. The van der Waals surface area contributed by atoms with E-state index in [2.05, 4.69) is 20.8 Å². The van der Waals surface area contributed by atoms with E-state index in [0.29, 0.717) is 11.8 Å². The lowest BCUT2D eigenvalue weighted by Gasteiger charge is -2.39. The molecule has 0 unspecified atom stereocenters. The van der Waals surface area contributed by atoms with Crippen molar-refractivity contribution in [3.63, 3.8) is 0 Å². The smallest absolute Gasteiger partial charge is 0.269 e. The van der Waals surface area contributed by atoms with Gasteiger partial charge in [-0.1, -0.05) is 20.8 Å². The van der Waals surface area contributed by atoms with Crippen molar-refractivity contribution >= 4 is 11.6 Å². The molecule has 6 nitrogen and oxygen atoms in total. The van der Waals surface area contributed by atoms with Crippen molar-refractivity contribution in [1.82, 2.24) is 4.90 Å². The predicted octanol–water partition coefficient (Wildman–Crippen LogP) is 3.40. The quantitative estimate of drug-likeness (QED) is 0.626. The summed E-state index contributed by atoms with van der Waals surface area (Å²) in [4.78, 5) is 24.7. The summed E-state index contributed by atoms with van der Waals surface area (Å²) in [6.07, 6.45) is 3.25. The monoisotopic (exact) mass is 332 g/mol. The number of rotatable bonds is 4. The lowest BCUT2D eigenvalue weighted by molar-refractivity contribution is -0.384. The number of nitro benzene ring substituents is 1. The lowest BCUT2D eigenvalue weighted by Crippen LogP contribution is -2.40. The highest BCUT2D eigenvalue weighted by Gasteiger charge is 2.50. The van der Waals surface area contributed by atoms with E-state index >= 15 is 0 Å². The Morgan fingerprint density at radius 2 is 1.96 bits per heavy atom. The van der Waals surface area contributed by atoms with E-state index in [0.717, 1.165) is 25.8 Å². The molecule has 0 radical (unpaired) electrons. The molecule has 6 heteroatoms. The fourth-order valence-electron chi connectivity index (χ4n) is 4.64. The third kappa shape index (κ3) is 3.37. The van der Waals surface area contributed by atoms with Crippen molar-refractivity contribution in [3.8, 4) is 5.75 Å². The zero-order chi connectivity index (χ0) is 17.5. The molecule has 2 atom stereocenters. The van der Waals surface area contributed by atoms with Crippen LogP contribution >= 0.6 is 0 Å². The van der Waals surface area contributed by atoms with Gasteiger partial charge in [0.1, 0.15) is 5.75 Å². The van der Waals surface area contributed by atoms with Gasteiger partial charge in [-0.15, -0.1) is 0 Å². The number of benzene rings is 1. The summed E-state index contributed by atoms with van der Waals surface area (Å²) in [5.74, 6) is 0.474. The number of amides is 1. The van der Waals surface area contributed by atoms with Crippen LogP contribution in [0.2, 0.25) is 0 Å². The van der Waals surface area contributed by atoms with Crippen molar-refractivity contribution in [1.29, 1.82) is 0 Å². The molecule has 1 heterocycles. The summed E-state index contributed by atoms with van der Waals surface area (Å²) < 4.78 is 5.53. The maximum Gasteiger partial charge on any atom is 0.269 e. The van der Waals surface area contributed by atoms with Gasteiger partial charge in [-0.25, -0.2) is 0 Å². The van der Waals surface area contributed by atoms with Gasteiger partial charge in [-0.3, -0.25) is 14.9 Å². The molecule has 1 saturated carbocycles. The molecule has 1 saturated heterocycles. The predicted molar refractivity (Wildman–Crippen MR) is 89.8 cm³/mol. The number of fused-ring (bicyclic) bond motifs is 2. The molecule has 130 valence electrons. The van der Waals surface area contributed by atoms with Crippen LogP contribution in [0.3, 0.4) is 0 Å². The van der Waals surface area contributed by atoms with Gasteiger partial charge < -0.3 is 9.64 Å². The van der Waals surface area contributed by atoms with Gasteiger partial charge in [0.05, 0.1) is 4.92 Å². The molecular formula is C18H24N2O4. The molecular weight excluding hydrogens is 308 g/mol. The van der Waals surface area contributed by atoms with Crippen molar-refractivity contribution < 1.29 is 14.5 Å². The Bertz CT molecular complexity index is 655. The Morgan fingerprint density at radius 1 is 1.29 bits per heavy atom. The molecule has 2 aliphatic rings. The first-order valence-corrected chi connectivity index (χ1v) is 8.34. The summed E-state index contributed by atoms with van der Waals surface area (Å²) in [5, 5.41) is 10.6. The van der Waals surface area contributed by atoms with E-state index < -0.39 is 4.92 Å². The van der Waals surface area contributed by atoms with Gasteiger partial charge >= 0.3 is 0 Å². The van der Waals surface area contributed by atoms with Gasteiger partial charge in [-0.2, -0.15) is 0 Å². The van der Waals surface area contributed by atoms with Crippen LogP contribution in [0.1, 0.15) is 40.0 Å². The van der Waals surface area contributed by atoms with Crippen molar-refractivity contribution in [2.24, 2.45) is 10.8 Å². The first-order chi connectivity index (χ1) is 11.2. The number of carbonyl (C=O) groups excluding carboxylic acids is 1. The number of hydrogen-bond acceptors (Lipinski definition) is 4. The summed E-state index contributed by atoms with van der Waals surface area (Å²) in [5.41, 5.74) is 0.485. The maximum atomic E-state index is 12.6. The van der Waals surface area contributed by atoms with Crippen LogP contribution in [0.15, 0.2) is 24.3 Å². The zero-order valence-electron chi connectivity index (χ0n) is 14.4. The van der Waals surface area contributed by atoms with E-state index in [9.17, 15) is 14.9 Å². The third-order valence-electron chi connectivity index (χ3n) is 5.14. The van der Waals surface area contributed by atoms with E-state index in [1.165, 1.54) is 24.3 Å². The number of nitro groups is 1. The normalized spacial score (nSPS) is 27.8. The Balaban J connectivity index is 1.61. The molecule has 0 spiro atoms. The third-order valence-corrected chi connectivity index (χ3v) is 5.14. The Hall–Kier alpha value is -2.11. The first kappa shape index (κ1) is 16.7. The summed E-state index contributed by atoms with van der Waals surface area (Å²) in [7, 11) is 0. The molecule has 1 aliphatic carbocycles. The Labute approximate surface area is 141 Å². The highest BCUT2D eigenvalue weighted by molar-refractivity contribution is 5.78. The van der Waals surface area contributed by atoms with Gasteiger partial charge in [0.25, 0.3) is 11.6 Å². The lowest BCUT2D eigenvalue weighted by atomic mass is 9.65. The van der Waals surface area contributed by atoms with Crippen LogP contribution in [0.5, 0.6) is 5.75 Å².